The van der Waals surface area contributed by atoms with Crippen molar-refractivity contribution in [2.24, 2.45) is 0 Å². The largest absolute Gasteiger partial charge is 0.497 e. The summed E-state index contributed by atoms with van der Waals surface area (Å²) in [6.07, 6.45) is 0.653. The molecule has 1 fully saturated rings. The van der Waals surface area contributed by atoms with E-state index in [4.69, 9.17) is 9.47 Å². The van der Waals surface area contributed by atoms with Gasteiger partial charge in [-0.2, -0.15) is 9.36 Å². The quantitative estimate of drug-likeness (QED) is 0.347. The van der Waals surface area contributed by atoms with E-state index in [9.17, 15) is 4.79 Å². The lowest BCUT2D eigenvalue weighted by molar-refractivity contribution is 0.0746. The second kappa shape index (κ2) is 10.8. The highest BCUT2D eigenvalue weighted by atomic mass is 32.1. The van der Waals surface area contributed by atoms with Gasteiger partial charge in [0.25, 0.3) is 11.1 Å². The Balaban J connectivity index is 1.22. The molecule has 5 rings (SSSR count). The topological polar surface area (TPSA) is 67.8 Å². The van der Waals surface area contributed by atoms with Crippen molar-refractivity contribution in [2.75, 3.05) is 38.2 Å². The van der Waals surface area contributed by atoms with Gasteiger partial charge in [0.05, 0.1) is 7.11 Å². The van der Waals surface area contributed by atoms with Gasteiger partial charge in [0.15, 0.2) is 5.82 Å². The summed E-state index contributed by atoms with van der Waals surface area (Å²) in [5.41, 5.74) is 3.84. The van der Waals surface area contributed by atoms with E-state index in [1.807, 2.05) is 60.4 Å². The number of aryl methyl sites for hydroxylation is 1. The number of carbonyl (C=O) groups is 1. The number of rotatable bonds is 7. The van der Waals surface area contributed by atoms with Gasteiger partial charge in [-0.15, -0.1) is 0 Å². The maximum atomic E-state index is 13.3. The van der Waals surface area contributed by atoms with Crippen molar-refractivity contribution in [1.82, 2.24) is 14.3 Å². The van der Waals surface area contributed by atoms with E-state index < -0.39 is 0 Å². The predicted octanol–water partition coefficient (Wildman–Crippen LogP) is 5.20. The fourth-order valence-corrected chi connectivity index (χ4v) is 4.77. The third kappa shape index (κ3) is 5.49. The second-order valence-electron chi connectivity index (χ2n) is 8.70. The summed E-state index contributed by atoms with van der Waals surface area (Å²) in [7, 11) is 1.66. The van der Waals surface area contributed by atoms with Gasteiger partial charge in [0, 0.05) is 55.4 Å². The number of anilines is 1. The van der Waals surface area contributed by atoms with Crippen LogP contribution >= 0.6 is 11.5 Å². The number of piperazine rings is 1. The lowest BCUT2D eigenvalue weighted by Crippen LogP contribution is -2.48. The zero-order chi connectivity index (χ0) is 24.9. The fourth-order valence-electron chi connectivity index (χ4n) is 4.21. The van der Waals surface area contributed by atoms with Crippen LogP contribution in [-0.4, -0.2) is 53.5 Å². The first-order valence-electron chi connectivity index (χ1n) is 11.9. The number of benzene rings is 3. The maximum absolute atomic E-state index is 13.3. The number of carbonyl (C=O) groups excluding carboxylic acids is 1. The summed E-state index contributed by atoms with van der Waals surface area (Å²) in [5, 5.41) is 0.474. The molecule has 3 aromatic carbocycles. The Hall–Kier alpha value is -3.91. The molecule has 0 radical (unpaired) electrons. The molecule has 1 aliphatic heterocycles. The van der Waals surface area contributed by atoms with Gasteiger partial charge in [0.2, 0.25) is 0 Å². The van der Waals surface area contributed by atoms with Crippen LogP contribution in [0, 0.1) is 6.92 Å². The molecule has 1 aliphatic rings. The molecule has 0 N–H and O–H groups in total. The minimum absolute atomic E-state index is 0.0104. The first-order chi connectivity index (χ1) is 17.6. The summed E-state index contributed by atoms with van der Waals surface area (Å²) in [6.45, 7) is 4.84. The van der Waals surface area contributed by atoms with Crippen molar-refractivity contribution in [2.45, 2.75) is 13.3 Å². The number of amides is 1. The van der Waals surface area contributed by atoms with Crippen molar-refractivity contribution in [3.8, 4) is 16.7 Å². The number of aromatic nitrogens is 2. The molecule has 1 amide bonds. The van der Waals surface area contributed by atoms with E-state index in [2.05, 4.69) is 38.5 Å². The Morgan fingerprint density at radius 2 is 1.72 bits per heavy atom. The zero-order valence-corrected chi connectivity index (χ0v) is 21.2. The van der Waals surface area contributed by atoms with Crippen LogP contribution in [-0.2, 0) is 6.42 Å². The molecule has 0 atom stereocenters. The van der Waals surface area contributed by atoms with Gasteiger partial charge < -0.3 is 19.3 Å². The highest BCUT2D eigenvalue weighted by molar-refractivity contribution is 7.07. The molecule has 1 saturated heterocycles. The number of methoxy groups -OCH3 is 1. The van der Waals surface area contributed by atoms with Crippen LogP contribution in [0.3, 0.4) is 0 Å². The summed E-state index contributed by atoms with van der Waals surface area (Å²) >= 11 is 1.22. The Labute approximate surface area is 215 Å². The van der Waals surface area contributed by atoms with Crippen LogP contribution in [0.25, 0.3) is 0 Å². The minimum atomic E-state index is 0.0104. The Morgan fingerprint density at radius 1 is 0.972 bits per heavy atom. The summed E-state index contributed by atoms with van der Waals surface area (Å²) in [6, 6.07) is 23.7. The van der Waals surface area contributed by atoms with E-state index in [1.165, 1.54) is 11.5 Å². The van der Waals surface area contributed by atoms with Crippen LogP contribution in [0.4, 0.5) is 5.69 Å². The van der Waals surface area contributed by atoms with Gasteiger partial charge in [0.1, 0.15) is 11.5 Å². The number of hydrogen-bond donors (Lipinski definition) is 0. The van der Waals surface area contributed by atoms with Crippen LogP contribution in [0.15, 0.2) is 72.8 Å². The van der Waals surface area contributed by atoms with Crippen LogP contribution in [0.2, 0.25) is 0 Å². The minimum Gasteiger partial charge on any atom is -0.497 e. The van der Waals surface area contributed by atoms with E-state index in [-0.39, 0.29) is 5.91 Å². The highest BCUT2D eigenvalue weighted by Gasteiger charge is 2.23. The van der Waals surface area contributed by atoms with Crippen molar-refractivity contribution in [3.05, 3.63) is 95.3 Å². The van der Waals surface area contributed by atoms with Gasteiger partial charge in [-0.3, -0.25) is 4.79 Å². The number of ether oxygens (including phenoxy) is 2. The van der Waals surface area contributed by atoms with Gasteiger partial charge in [-0.05, 0) is 54.4 Å². The standard InChI is InChI=1S/C28H28N4O3S/c1-20-8-9-22(19-25(20)35-28-29-26(30-36-28)18-21-6-4-3-5-7-21)27(33)32-16-14-31(15-17-32)23-10-12-24(34-2)13-11-23/h3-13,19H,14-18H2,1-2H3. The number of nitrogens with zero attached hydrogens (tertiary/aromatic N) is 4. The fraction of sp³-hybridized carbons (Fsp3) is 0.250. The molecule has 184 valence electrons. The average Bonchev–Trinajstić information content (AvgIpc) is 3.37. The van der Waals surface area contributed by atoms with E-state index in [0.717, 1.165) is 41.5 Å². The second-order valence-corrected chi connectivity index (χ2v) is 9.41. The lowest BCUT2D eigenvalue weighted by atomic mass is 10.1. The van der Waals surface area contributed by atoms with Crippen LogP contribution in [0.5, 0.6) is 16.7 Å². The Morgan fingerprint density at radius 3 is 2.44 bits per heavy atom. The normalized spacial score (nSPS) is 13.5. The molecule has 4 aromatic rings. The molecule has 8 heteroatoms. The van der Waals surface area contributed by atoms with Gasteiger partial charge >= 0.3 is 0 Å². The van der Waals surface area contributed by atoms with E-state index in [1.54, 1.807) is 7.11 Å². The summed E-state index contributed by atoms with van der Waals surface area (Å²) in [4.78, 5) is 22.0. The van der Waals surface area contributed by atoms with Crippen molar-refractivity contribution in [3.63, 3.8) is 0 Å². The number of hydrogen-bond acceptors (Lipinski definition) is 7. The van der Waals surface area contributed by atoms with E-state index in [0.29, 0.717) is 36.0 Å². The van der Waals surface area contributed by atoms with Crippen molar-refractivity contribution >= 4 is 23.1 Å². The SMILES string of the molecule is COc1ccc(N2CCN(C(=O)c3ccc(C)c(Oc4nc(Cc5ccccc5)ns4)c3)CC2)cc1. The average molecular weight is 501 g/mol. The molecular weight excluding hydrogens is 472 g/mol. The lowest BCUT2D eigenvalue weighted by Gasteiger charge is -2.36. The summed E-state index contributed by atoms with van der Waals surface area (Å²) in [5.74, 6) is 2.20. The van der Waals surface area contributed by atoms with E-state index >= 15 is 0 Å². The zero-order valence-electron chi connectivity index (χ0n) is 20.4. The Bertz CT molecular complexity index is 1320. The molecule has 1 aromatic heterocycles. The maximum Gasteiger partial charge on any atom is 0.298 e. The van der Waals surface area contributed by atoms with Crippen LogP contribution in [0.1, 0.15) is 27.3 Å². The molecule has 0 aliphatic carbocycles. The third-order valence-corrected chi connectivity index (χ3v) is 6.92. The monoisotopic (exact) mass is 500 g/mol. The molecule has 2 heterocycles. The van der Waals surface area contributed by atoms with Crippen LogP contribution < -0.4 is 14.4 Å². The molecular formula is C28H28N4O3S. The molecule has 7 nitrogen and oxygen atoms in total. The Kier molecular flexibility index (Phi) is 7.13. The van der Waals surface area contributed by atoms with Gasteiger partial charge in [-0.25, -0.2) is 0 Å². The third-order valence-electron chi connectivity index (χ3n) is 6.29. The molecule has 0 spiro atoms. The van der Waals surface area contributed by atoms with Crippen molar-refractivity contribution < 1.29 is 14.3 Å². The van der Waals surface area contributed by atoms with Crippen molar-refractivity contribution in [1.29, 1.82) is 0 Å². The first-order valence-corrected chi connectivity index (χ1v) is 12.7. The highest BCUT2D eigenvalue weighted by Crippen LogP contribution is 2.29. The molecule has 0 bridgehead atoms. The summed E-state index contributed by atoms with van der Waals surface area (Å²) < 4.78 is 15.7. The molecule has 0 unspecified atom stereocenters. The smallest absolute Gasteiger partial charge is 0.298 e. The molecule has 0 saturated carbocycles. The predicted molar refractivity (Wildman–Crippen MR) is 142 cm³/mol. The first kappa shape index (κ1) is 23.8. The molecule has 36 heavy (non-hydrogen) atoms. The van der Waals surface area contributed by atoms with Gasteiger partial charge in [-0.1, -0.05) is 36.4 Å².